The van der Waals surface area contributed by atoms with E-state index in [-0.39, 0.29) is 18.2 Å². The minimum Gasteiger partial charge on any atom is -0.481 e. The van der Waals surface area contributed by atoms with Gasteiger partial charge in [-0.15, -0.1) is 10.2 Å². The second-order valence-electron chi connectivity index (χ2n) is 9.33. The van der Waals surface area contributed by atoms with E-state index in [1.54, 1.807) is 33.0 Å². The van der Waals surface area contributed by atoms with E-state index in [2.05, 4.69) is 20.8 Å². The number of nitrogens with one attached hydrogen (secondary N) is 2. The Labute approximate surface area is 220 Å². The summed E-state index contributed by atoms with van der Waals surface area (Å²) < 4.78 is 7.36. The van der Waals surface area contributed by atoms with E-state index in [1.165, 1.54) is 0 Å². The molecular weight excluding hydrogens is 486 g/mol. The third-order valence-electron chi connectivity index (χ3n) is 6.51. The van der Waals surface area contributed by atoms with Crippen LogP contribution in [0.3, 0.4) is 0 Å². The number of carbonyl (C=O) groups is 3. The molecule has 2 heterocycles. The van der Waals surface area contributed by atoms with E-state index in [1.807, 2.05) is 42.0 Å². The molecule has 1 atom stereocenters. The number of aryl methyl sites for hydroxylation is 3. The van der Waals surface area contributed by atoms with Gasteiger partial charge < -0.3 is 24.7 Å². The quantitative estimate of drug-likeness (QED) is 0.286. The molecule has 10 heteroatoms. The number of fused-ring (bicyclic) bond motifs is 1. The van der Waals surface area contributed by atoms with E-state index in [9.17, 15) is 14.4 Å². The van der Waals surface area contributed by atoms with Gasteiger partial charge in [-0.05, 0) is 61.6 Å². The predicted molar refractivity (Wildman–Crippen MR) is 142 cm³/mol. The summed E-state index contributed by atoms with van der Waals surface area (Å²) in [7, 11) is 1.58. The first kappa shape index (κ1) is 26.6. The van der Waals surface area contributed by atoms with Crippen LogP contribution in [-0.2, 0) is 22.4 Å². The fraction of sp³-hybridized carbons (Fsp3) is 0.321. The highest BCUT2D eigenvalue weighted by atomic mass is 16.4. The maximum Gasteiger partial charge on any atom is 0.303 e. The van der Waals surface area contributed by atoms with E-state index in [4.69, 9.17) is 9.52 Å². The van der Waals surface area contributed by atoms with Crippen LogP contribution in [-0.4, -0.2) is 44.7 Å². The van der Waals surface area contributed by atoms with Crippen LogP contribution in [0.1, 0.15) is 64.6 Å². The molecule has 3 N–H and O–H groups in total. The molecule has 10 nitrogen and oxygen atoms in total. The molecule has 0 bridgehead atoms. The minimum absolute atomic E-state index is 0.0368. The number of hydrogen-bond acceptors (Lipinski definition) is 6. The fourth-order valence-electron chi connectivity index (χ4n) is 4.48. The Morgan fingerprint density at radius 1 is 1.11 bits per heavy atom. The lowest BCUT2D eigenvalue weighted by Gasteiger charge is -2.18. The lowest BCUT2D eigenvalue weighted by atomic mass is 10.0. The van der Waals surface area contributed by atoms with Crippen LogP contribution in [0.2, 0.25) is 0 Å². The maximum absolute atomic E-state index is 13.5. The van der Waals surface area contributed by atoms with Crippen LogP contribution < -0.4 is 10.6 Å². The highest BCUT2D eigenvalue weighted by Crippen LogP contribution is 2.28. The lowest BCUT2D eigenvalue weighted by Crippen LogP contribution is -2.24. The molecule has 4 aromatic rings. The van der Waals surface area contributed by atoms with E-state index < -0.39 is 12.0 Å². The number of anilines is 1. The monoisotopic (exact) mass is 517 g/mol. The average Bonchev–Trinajstić information content (AvgIpc) is 3.45. The van der Waals surface area contributed by atoms with Crippen LogP contribution >= 0.6 is 0 Å². The fourth-order valence-corrected chi connectivity index (χ4v) is 4.48. The van der Waals surface area contributed by atoms with E-state index in [0.717, 1.165) is 27.6 Å². The minimum atomic E-state index is -0.862. The molecule has 2 amide bonds. The molecule has 38 heavy (non-hydrogen) atoms. The van der Waals surface area contributed by atoms with Gasteiger partial charge in [-0.2, -0.15) is 0 Å². The molecule has 0 fully saturated rings. The zero-order valence-corrected chi connectivity index (χ0v) is 21.9. The largest absolute Gasteiger partial charge is 0.481 e. The van der Waals surface area contributed by atoms with Crippen LogP contribution in [0, 0.1) is 13.8 Å². The summed E-state index contributed by atoms with van der Waals surface area (Å²) in [6, 6.07) is 10.5. The summed E-state index contributed by atoms with van der Waals surface area (Å²) in [6.07, 6.45) is 3.29. The van der Waals surface area contributed by atoms with Crippen molar-refractivity contribution >= 4 is 34.4 Å². The number of amides is 2. The van der Waals surface area contributed by atoms with Crippen molar-refractivity contribution in [3.05, 3.63) is 76.6 Å². The highest BCUT2D eigenvalue weighted by Gasteiger charge is 2.21. The molecule has 0 saturated heterocycles. The molecule has 198 valence electrons. The normalized spacial score (nSPS) is 11.9. The number of carboxylic acid groups (broad SMARTS) is 1. The van der Waals surface area contributed by atoms with Gasteiger partial charge in [0.1, 0.15) is 6.04 Å². The number of aromatic nitrogens is 3. The van der Waals surface area contributed by atoms with Gasteiger partial charge >= 0.3 is 5.97 Å². The first-order chi connectivity index (χ1) is 18.2. The Hall–Kier alpha value is -4.47. The van der Waals surface area contributed by atoms with Gasteiger partial charge in [-0.25, -0.2) is 0 Å². The summed E-state index contributed by atoms with van der Waals surface area (Å²) in [6.45, 7) is 5.49. The first-order valence-electron chi connectivity index (χ1n) is 12.4. The van der Waals surface area contributed by atoms with Crippen molar-refractivity contribution in [3.8, 4) is 0 Å². The second-order valence-corrected chi connectivity index (χ2v) is 9.33. The number of hydrogen-bond donors (Lipinski definition) is 3. The van der Waals surface area contributed by atoms with Crippen LogP contribution in [0.5, 0.6) is 0 Å². The SMILES string of the molecule is CNC(=O)c1ccc2c(C)cn([C@H](C)C(=O)Nc3cc(Cc4nnc(C)o4)ccc3CCCC(=O)O)c2c1. The Morgan fingerprint density at radius 2 is 1.89 bits per heavy atom. The zero-order valence-electron chi connectivity index (χ0n) is 21.9. The number of aliphatic carboxylic acids is 1. The van der Waals surface area contributed by atoms with Crippen molar-refractivity contribution in [2.45, 2.75) is 52.5 Å². The molecule has 4 rings (SSSR count). The Kier molecular flexibility index (Phi) is 7.90. The molecular formula is C28H31N5O5. The highest BCUT2D eigenvalue weighted by molar-refractivity contribution is 6.00. The van der Waals surface area contributed by atoms with Crippen LogP contribution in [0.15, 0.2) is 47.0 Å². The van der Waals surface area contributed by atoms with Crippen molar-refractivity contribution in [1.82, 2.24) is 20.1 Å². The Bertz CT molecular complexity index is 1500. The van der Waals surface area contributed by atoms with Gasteiger partial charge in [0.15, 0.2) is 0 Å². The average molecular weight is 518 g/mol. The molecule has 0 aliphatic carbocycles. The summed E-state index contributed by atoms with van der Waals surface area (Å²) in [5, 5.41) is 23.6. The summed E-state index contributed by atoms with van der Waals surface area (Å²) in [5.41, 5.74) is 4.61. The van der Waals surface area contributed by atoms with Gasteiger partial charge in [0.25, 0.3) is 5.91 Å². The van der Waals surface area contributed by atoms with Gasteiger partial charge in [-0.3, -0.25) is 14.4 Å². The van der Waals surface area contributed by atoms with Crippen molar-refractivity contribution in [2.75, 3.05) is 12.4 Å². The molecule has 2 aromatic carbocycles. The number of rotatable bonds is 10. The molecule has 2 aromatic heterocycles. The van der Waals surface area contributed by atoms with E-state index in [0.29, 0.717) is 42.3 Å². The van der Waals surface area contributed by atoms with Gasteiger partial charge in [-0.1, -0.05) is 18.2 Å². The van der Waals surface area contributed by atoms with Gasteiger partial charge in [0.2, 0.25) is 17.7 Å². The molecule has 0 aliphatic heterocycles. The predicted octanol–water partition coefficient (Wildman–Crippen LogP) is 4.20. The maximum atomic E-state index is 13.5. The number of carbonyl (C=O) groups excluding carboxylic acids is 2. The Morgan fingerprint density at radius 3 is 2.58 bits per heavy atom. The van der Waals surface area contributed by atoms with Crippen molar-refractivity contribution in [3.63, 3.8) is 0 Å². The smallest absolute Gasteiger partial charge is 0.303 e. The third-order valence-corrected chi connectivity index (χ3v) is 6.51. The first-order valence-corrected chi connectivity index (χ1v) is 12.4. The van der Waals surface area contributed by atoms with Crippen molar-refractivity contribution in [1.29, 1.82) is 0 Å². The molecule has 0 radical (unpaired) electrons. The van der Waals surface area contributed by atoms with Gasteiger partial charge in [0, 0.05) is 48.7 Å². The molecule has 0 spiro atoms. The summed E-state index contributed by atoms with van der Waals surface area (Å²) in [4.78, 5) is 36.7. The standard InChI is InChI=1S/C28H31N5O5/c1-16-15-33(24-14-21(28(37)29-4)10-11-22(16)24)17(2)27(36)30-23-12-19(13-25-32-31-18(3)38-25)8-9-20(23)6-5-7-26(34)35/h8-12,14-15,17H,5-7,13H2,1-4H3,(H,29,37)(H,30,36)(H,34,35)/t17-/m1/s1. The number of nitrogens with zero attached hydrogens (tertiary/aromatic N) is 3. The topological polar surface area (TPSA) is 139 Å². The van der Waals surface area contributed by atoms with E-state index >= 15 is 0 Å². The van der Waals surface area contributed by atoms with Crippen molar-refractivity contribution in [2.24, 2.45) is 0 Å². The zero-order chi connectivity index (χ0) is 27.4. The summed E-state index contributed by atoms with van der Waals surface area (Å²) >= 11 is 0. The number of benzene rings is 2. The van der Waals surface area contributed by atoms with Crippen LogP contribution in [0.25, 0.3) is 10.9 Å². The Balaban J connectivity index is 1.62. The van der Waals surface area contributed by atoms with Gasteiger partial charge in [0.05, 0.1) is 6.42 Å². The molecule has 0 aliphatic rings. The summed E-state index contributed by atoms with van der Waals surface area (Å²) in [5.74, 6) is -0.362. The molecule has 0 saturated carbocycles. The number of carboxylic acids is 1. The van der Waals surface area contributed by atoms with Crippen molar-refractivity contribution < 1.29 is 23.9 Å². The second kappa shape index (κ2) is 11.3. The molecule has 0 unspecified atom stereocenters. The lowest BCUT2D eigenvalue weighted by molar-refractivity contribution is -0.137. The third kappa shape index (κ3) is 5.91. The van der Waals surface area contributed by atoms with Crippen LogP contribution in [0.4, 0.5) is 5.69 Å².